The van der Waals surface area contributed by atoms with Gasteiger partial charge in [-0.25, -0.2) is 0 Å². The third-order valence-corrected chi connectivity index (χ3v) is 3.66. The van der Waals surface area contributed by atoms with Gasteiger partial charge in [-0.2, -0.15) is 5.26 Å². The summed E-state index contributed by atoms with van der Waals surface area (Å²) in [5, 5.41) is 9.97. The maximum atomic E-state index is 12.1. The average molecular weight is 315 g/mol. The van der Waals surface area contributed by atoms with E-state index in [-0.39, 0.29) is 28.4 Å². The Hall–Kier alpha value is -2.71. The van der Waals surface area contributed by atoms with Gasteiger partial charge in [-0.3, -0.25) is 4.79 Å². The Morgan fingerprint density at radius 2 is 2.00 bits per heavy atom. The predicted octanol–water partition coefficient (Wildman–Crippen LogP) is 2.82. The van der Waals surface area contributed by atoms with Gasteiger partial charge in [0.25, 0.3) is 0 Å². The van der Waals surface area contributed by atoms with Crippen LogP contribution in [-0.2, 0) is 0 Å². The van der Waals surface area contributed by atoms with Crippen LogP contribution in [0.3, 0.4) is 0 Å². The maximum Gasteiger partial charge on any atom is 0.228 e. The van der Waals surface area contributed by atoms with Crippen molar-refractivity contribution in [2.75, 3.05) is 0 Å². The quantitative estimate of drug-likeness (QED) is 0.874. The van der Waals surface area contributed by atoms with Crippen molar-refractivity contribution in [1.29, 1.82) is 5.26 Å². The topological polar surface area (TPSA) is 89.2 Å². The van der Waals surface area contributed by atoms with Gasteiger partial charge in [0.05, 0.1) is 5.92 Å². The minimum absolute atomic E-state index is 0.0158. The molecule has 1 aromatic heterocycles. The van der Waals surface area contributed by atoms with E-state index in [1.54, 1.807) is 31.2 Å². The van der Waals surface area contributed by atoms with E-state index in [1.807, 2.05) is 6.07 Å². The summed E-state index contributed by atoms with van der Waals surface area (Å²) < 4.78 is 11.0. The molecule has 1 unspecified atom stereocenters. The second-order valence-corrected chi connectivity index (χ2v) is 5.33. The second kappa shape index (κ2) is 5.24. The van der Waals surface area contributed by atoms with Gasteiger partial charge in [-0.1, -0.05) is 23.7 Å². The monoisotopic (exact) mass is 314 g/mol. The molecule has 0 bridgehead atoms. The zero-order valence-corrected chi connectivity index (χ0v) is 12.3. The van der Waals surface area contributed by atoms with Crippen LogP contribution in [0.5, 0.6) is 5.75 Å². The number of nitrogens with two attached hydrogens (primary N) is 1. The molecule has 5 nitrogen and oxygen atoms in total. The van der Waals surface area contributed by atoms with Crippen molar-refractivity contribution < 1.29 is 9.15 Å². The van der Waals surface area contributed by atoms with Gasteiger partial charge >= 0.3 is 0 Å². The molecule has 1 aliphatic rings. The number of fused-ring (bicyclic) bond motifs is 1. The maximum absolute atomic E-state index is 12.1. The molecule has 110 valence electrons. The molecular weight excluding hydrogens is 304 g/mol. The summed E-state index contributed by atoms with van der Waals surface area (Å²) in [6.07, 6.45) is 0. The number of hydrogen-bond donors (Lipinski definition) is 1. The van der Waals surface area contributed by atoms with Crippen molar-refractivity contribution in [1.82, 2.24) is 0 Å². The first-order valence-corrected chi connectivity index (χ1v) is 6.86. The summed E-state index contributed by atoms with van der Waals surface area (Å²) in [7, 11) is 0. The third kappa shape index (κ3) is 2.24. The Morgan fingerprint density at radius 1 is 1.32 bits per heavy atom. The minimum atomic E-state index is -0.599. The zero-order valence-electron chi connectivity index (χ0n) is 11.6. The van der Waals surface area contributed by atoms with Crippen LogP contribution in [0.1, 0.15) is 23.0 Å². The predicted molar refractivity (Wildman–Crippen MR) is 80.5 cm³/mol. The summed E-state index contributed by atoms with van der Waals surface area (Å²) in [4.78, 5) is 12.1. The lowest BCUT2D eigenvalue weighted by Gasteiger charge is -2.24. The number of nitriles is 1. The fraction of sp³-hybridized carbons (Fsp3) is 0.125. The molecule has 0 spiro atoms. The molecule has 1 aliphatic heterocycles. The number of rotatable bonds is 1. The van der Waals surface area contributed by atoms with Crippen LogP contribution in [0.25, 0.3) is 0 Å². The zero-order chi connectivity index (χ0) is 15.9. The SMILES string of the molecule is Cc1cc(=O)c2c(o1)C(c1ccc(Cl)cc1)C(C#N)=C(N)O2. The summed E-state index contributed by atoms with van der Waals surface area (Å²) in [5.74, 6) is 0.0360. The first-order valence-electron chi connectivity index (χ1n) is 6.49. The van der Waals surface area contributed by atoms with Crippen molar-refractivity contribution in [2.24, 2.45) is 5.73 Å². The Morgan fingerprint density at radius 3 is 2.64 bits per heavy atom. The van der Waals surface area contributed by atoms with Gasteiger partial charge in [0.2, 0.25) is 17.1 Å². The number of hydrogen-bond acceptors (Lipinski definition) is 5. The fourth-order valence-electron chi connectivity index (χ4n) is 2.44. The van der Waals surface area contributed by atoms with E-state index in [1.165, 1.54) is 6.07 Å². The summed E-state index contributed by atoms with van der Waals surface area (Å²) in [6, 6.07) is 10.3. The van der Waals surface area contributed by atoms with Crippen molar-refractivity contribution in [3.05, 3.63) is 74.1 Å². The van der Waals surface area contributed by atoms with E-state index >= 15 is 0 Å². The summed E-state index contributed by atoms with van der Waals surface area (Å²) >= 11 is 5.90. The molecule has 3 rings (SSSR count). The van der Waals surface area contributed by atoms with Gasteiger partial charge < -0.3 is 14.9 Å². The Labute approximate surface area is 131 Å². The van der Waals surface area contributed by atoms with Gasteiger partial charge in [-0.05, 0) is 24.6 Å². The van der Waals surface area contributed by atoms with Gasteiger partial charge in [-0.15, -0.1) is 0 Å². The fourth-order valence-corrected chi connectivity index (χ4v) is 2.57. The highest BCUT2D eigenvalue weighted by atomic mass is 35.5. The number of allylic oxidation sites excluding steroid dienone is 1. The van der Waals surface area contributed by atoms with Gasteiger partial charge in [0, 0.05) is 11.1 Å². The van der Waals surface area contributed by atoms with Crippen molar-refractivity contribution in [2.45, 2.75) is 12.8 Å². The molecule has 6 heteroatoms. The largest absolute Gasteiger partial charge is 0.461 e. The third-order valence-electron chi connectivity index (χ3n) is 3.41. The van der Waals surface area contributed by atoms with Crippen LogP contribution in [-0.4, -0.2) is 0 Å². The number of halogens is 1. The lowest BCUT2D eigenvalue weighted by atomic mass is 9.87. The Kier molecular flexibility index (Phi) is 3.39. The average Bonchev–Trinajstić information content (AvgIpc) is 2.48. The number of benzene rings is 1. The molecule has 1 atom stereocenters. The summed E-state index contributed by atoms with van der Waals surface area (Å²) in [6.45, 7) is 1.66. The molecule has 0 fully saturated rings. The van der Waals surface area contributed by atoms with E-state index in [0.29, 0.717) is 10.8 Å². The smallest absolute Gasteiger partial charge is 0.228 e. The van der Waals surface area contributed by atoms with E-state index in [4.69, 9.17) is 26.5 Å². The molecule has 0 amide bonds. The summed E-state index contributed by atoms with van der Waals surface area (Å²) in [5.41, 5.74) is 6.40. The molecular formula is C16H11ClN2O3. The van der Waals surface area contributed by atoms with Crippen LogP contribution < -0.4 is 15.9 Å². The van der Waals surface area contributed by atoms with Crippen molar-refractivity contribution >= 4 is 11.6 Å². The lowest BCUT2D eigenvalue weighted by Crippen LogP contribution is -2.25. The van der Waals surface area contributed by atoms with E-state index in [9.17, 15) is 10.1 Å². The molecule has 2 N–H and O–H groups in total. The molecule has 1 aromatic carbocycles. The normalized spacial score (nSPS) is 16.7. The van der Waals surface area contributed by atoms with E-state index in [2.05, 4.69) is 0 Å². The number of aryl methyl sites for hydroxylation is 1. The second-order valence-electron chi connectivity index (χ2n) is 4.89. The molecule has 2 heterocycles. The van der Waals surface area contributed by atoms with Crippen LogP contribution in [0.2, 0.25) is 5.02 Å². The first kappa shape index (κ1) is 14.2. The highest BCUT2D eigenvalue weighted by Crippen LogP contribution is 2.40. The molecule has 22 heavy (non-hydrogen) atoms. The molecule has 0 saturated heterocycles. The Bertz CT molecular complexity index is 876. The Balaban J connectivity index is 2.29. The van der Waals surface area contributed by atoms with Crippen molar-refractivity contribution in [3.8, 4) is 11.8 Å². The molecule has 0 radical (unpaired) electrons. The standard InChI is InChI=1S/C16H11ClN2O3/c1-8-6-12(20)14-15(21-8)13(11(7-18)16(19)22-14)9-2-4-10(17)5-3-9/h2-6,13H,19H2,1H3. The van der Waals surface area contributed by atoms with Gasteiger partial charge in [0.15, 0.2) is 5.76 Å². The van der Waals surface area contributed by atoms with Gasteiger partial charge in [0.1, 0.15) is 17.4 Å². The molecule has 2 aromatic rings. The first-order chi connectivity index (χ1) is 10.5. The van der Waals surface area contributed by atoms with Crippen molar-refractivity contribution in [3.63, 3.8) is 0 Å². The highest BCUT2D eigenvalue weighted by Gasteiger charge is 2.34. The van der Waals surface area contributed by atoms with Crippen LogP contribution >= 0.6 is 11.6 Å². The van der Waals surface area contributed by atoms with E-state index < -0.39 is 5.92 Å². The highest BCUT2D eigenvalue weighted by molar-refractivity contribution is 6.30. The van der Waals surface area contributed by atoms with E-state index in [0.717, 1.165) is 5.56 Å². The van der Waals surface area contributed by atoms with Crippen LogP contribution in [0, 0.1) is 18.3 Å². The van der Waals surface area contributed by atoms with Crippen LogP contribution in [0.15, 0.2) is 51.0 Å². The molecule has 0 aliphatic carbocycles. The minimum Gasteiger partial charge on any atom is -0.461 e. The van der Waals surface area contributed by atoms with Crippen LogP contribution in [0.4, 0.5) is 0 Å². The number of nitrogens with zero attached hydrogens (tertiary/aromatic N) is 1. The number of ether oxygens (including phenoxy) is 1. The molecule has 0 saturated carbocycles. The lowest BCUT2D eigenvalue weighted by molar-refractivity contribution is 0.337.